The molecule has 2 heterocycles. The molecular weight excluding hydrogens is 350 g/mol. The van der Waals surface area contributed by atoms with Crippen LogP contribution in [-0.2, 0) is 15.9 Å². The molecule has 1 saturated heterocycles. The monoisotopic (exact) mass is 383 g/mol. The molecule has 7 heteroatoms. The minimum absolute atomic E-state index is 0.666. The molecule has 0 bridgehead atoms. The van der Waals surface area contributed by atoms with E-state index in [2.05, 4.69) is 21.9 Å². The summed E-state index contributed by atoms with van der Waals surface area (Å²) in [5.41, 5.74) is 0. The SMILES string of the molecule is CSCCNC(=NCCCOCC1CCOCC1)NCCc1ccco1. The van der Waals surface area contributed by atoms with Crippen LogP contribution in [0.2, 0.25) is 0 Å². The molecule has 2 rings (SSSR count). The summed E-state index contributed by atoms with van der Waals surface area (Å²) in [6.07, 6.45) is 7.86. The van der Waals surface area contributed by atoms with Gasteiger partial charge in [-0.15, -0.1) is 0 Å². The second-order valence-electron chi connectivity index (χ2n) is 6.39. The van der Waals surface area contributed by atoms with Crippen LogP contribution >= 0.6 is 11.8 Å². The van der Waals surface area contributed by atoms with Crippen LogP contribution in [0.25, 0.3) is 0 Å². The summed E-state index contributed by atoms with van der Waals surface area (Å²) in [7, 11) is 0. The van der Waals surface area contributed by atoms with Crippen molar-refractivity contribution >= 4 is 17.7 Å². The van der Waals surface area contributed by atoms with E-state index in [1.165, 1.54) is 0 Å². The molecule has 0 unspecified atom stereocenters. The Morgan fingerprint density at radius 3 is 2.92 bits per heavy atom. The lowest BCUT2D eigenvalue weighted by Gasteiger charge is -2.21. The molecule has 1 fully saturated rings. The van der Waals surface area contributed by atoms with Crippen LogP contribution in [0.4, 0.5) is 0 Å². The van der Waals surface area contributed by atoms with Gasteiger partial charge < -0.3 is 24.5 Å². The van der Waals surface area contributed by atoms with Gasteiger partial charge in [0.05, 0.1) is 6.26 Å². The zero-order chi connectivity index (χ0) is 18.3. The average Bonchev–Trinajstić information content (AvgIpc) is 3.18. The molecule has 0 amide bonds. The highest BCUT2D eigenvalue weighted by Gasteiger charge is 2.13. The summed E-state index contributed by atoms with van der Waals surface area (Å²) in [6, 6.07) is 3.91. The molecule has 0 aliphatic carbocycles. The minimum atomic E-state index is 0.666. The number of ether oxygens (including phenoxy) is 2. The fourth-order valence-electron chi connectivity index (χ4n) is 2.73. The Morgan fingerprint density at radius 2 is 2.15 bits per heavy atom. The largest absolute Gasteiger partial charge is 0.469 e. The van der Waals surface area contributed by atoms with Gasteiger partial charge >= 0.3 is 0 Å². The number of nitrogens with one attached hydrogen (secondary N) is 2. The highest BCUT2D eigenvalue weighted by Crippen LogP contribution is 2.14. The molecular formula is C19H33N3O3S. The Labute approximate surface area is 161 Å². The van der Waals surface area contributed by atoms with Crippen LogP contribution in [0.5, 0.6) is 0 Å². The minimum Gasteiger partial charge on any atom is -0.469 e. The number of nitrogens with zero attached hydrogens (tertiary/aromatic N) is 1. The number of guanidine groups is 1. The maximum Gasteiger partial charge on any atom is 0.191 e. The lowest BCUT2D eigenvalue weighted by molar-refractivity contribution is 0.0205. The third kappa shape index (κ3) is 9.50. The van der Waals surface area contributed by atoms with Crippen molar-refractivity contribution in [2.24, 2.45) is 10.9 Å². The van der Waals surface area contributed by atoms with Crippen LogP contribution < -0.4 is 10.6 Å². The van der Waals surface area contributed by atoms with E-state index in [0.29, 0.717) is 5.92 Å². The van der Waals surface area contributed by atoms with Crippen LogP contribution in [-0.4, -0.2) is 64.0 Å². The third-order valence-corrected chi connectivity index (χ3v) is 4.87. The van der Waals surface area contributed by atoms with Crippen molar-refractivity contribution in [1.82, 2.24) is 10.6 Å². The molecule has 1 aromatic rings. The predicted molar refractivity (Wildman–Crippen MR) is 108 cm³/mol. The summed E-state index contributed by atoms with van der Waals surface area (Å²) in [6.45, 7) is 5.87. The van der Waals surface area contributed by atoms with Gasteiger partial charge in [0.1, 0.15) is 5.76 Å². The number of hydrogen-bond donors (Lipinski definition) is 2. The van der Waals surface area contributed by atoms with E-state index in [1.54, 1.807) is 6.26 Å². The van der Waals surface area contributed by atoms with Gasteiger partial charge in [0.2, 0.25) is 0 Å². The van der Waals surface area contributed by atoms with E-state index in [-0.39, 0.29) is 0 Å². The van der Waals surface area contributed by atoms with E-state index < -0.39 is 0 Å². The zero-order valence-electron chi connectivity index (χ0n) is 15.9. The van der Waals surface area contributed by atoms with Gasteiger partial charge in [-0.2, -0.15) is 11.8 Å². The van der Waals surface area contributed by atoms with Gasteiger partial charge in [-0.25, -0.2) is 0 Å². The molecule has 0 aromatic carbocycles. The van der Waals surface area contributed by atoms with Crippen molar-refractivity contribution in [3.05, 3.63) is 24.2 Å². The highest BCUT2D eigenvalue weighted by molar-refractivity contribution is 7.98. The van der Waals surface area contributed by atoms with Gasteiger partial charge in [-0.1, -0.05) is 0 Å². The van der Waals surface area contributed by atoms with Crippen molar-refractivity contribution in [1.29, 1.82) is 0 Å². The van der Waals surface area contributed by atoms with Crippen LogP contribution in [0.15, 0.2) is 27.8 Å². The Hall–Kier alpha value is -1.18. The average molecular weight is 384 g/mol. The number of rotatable bonds is 12. The van der Waals surface area contributed by atoms with Crippen molar-refractivity contribution in [3.63, 3.8) is 0 Å². The van der Waals surface area contributed by atoms with E-state index in [4.69, 9.17) is 13.9 Å². The summed E-state index contributed by atoms with van der Waals surface area (Å²) in [5.74, 6) is 3.59. The molecule has 6 nitrogen and oxygen atoms in total. The summed E-state index contributed by atoms with van der Waals surface area (Å²) in [5, 5.41) is 6.75. The Kier molecular flexibility index (Phi) is 11.3. The van der Waals surface area contributed by atoms with Crippen LogP contribution in [0.1, 0.15) is 25.0 Å². The van der Waals surface area contributed by atoms with E-state index in [1.807, 2.05) is 23.9 Å². The van der Waals surface area contributed by atoms with Gasteiger partial charge in [-0.3, -0.25) is 4.99 Å². The fourth-order valence-corrected chi connectivity index (χ4v) is 3.03. The summed E-state index contributed by atoms with van der Waals surface area (Å²) in [4.78, 5) is 4.65. The van der Waals surface area contributed by atoms with Crippen LogP contribution in [0.3, 0.4) is 0 Å². The van der Waals surface area contributed by atoms with Crippen molar-refractivity contribution < 1.29 is 13.9 Å². The second-order valence-corrected chi connectivity index (χ2v) is 7.38. The molecule has 148 valence electrons. The number of furan rings is 1. The van der Waals surface area contributed by atoms with Gasteiger partial charge in [0.15, 0.2) is 5.96 Å². The number of aliphatic imine (C=N–C) groups is 1. The van der Waals surface area contributed by atoms with Crippen molar-refractivity contribution in [3.8, 4) is 0 Å². The van der Waals surface area contributed by atoms with Crippen molar-refractivity contribution in [2.45, 2.75) is 25.7 Å². The first-order valence-corrected chi connectivity index (χ1v) is 11.0. The van der Waals surface area contributed by atoms with E-state index in [0.717, 1.165) is 89.2 Å². The topological polar surface area (TPSA) is 68.0 Å². The highest BCUT2D eigenvalue weighted by atomic mass is 32.2. The summed E-state index contributed by atoms with van der Waals surface area (Å²) < 4.78 is 16.5. The maximum atomic E-state index is 5.80. The molecule has 0 atom stereocenters. The number of thioether (sulfide) groups is 1. The molecule has 1 aliphatic rings. The third-order valence-electron chi connectivity index (χ3n) is 4.25. The van der Waals surface area contributed by atoms with Crippen molar-refractivity contribution in [2.75, 3.05) is 58.1 Å². The smallest absolute Gasteiger partial charge is 0.191 e. The lowest BCUT2D eigenvalue weighted by atomic mass is 10.0. The second kappa shape index (κ2) is 13.9. The molecule has 0 radical (unpaired) electrons. The normalized spacial score (nSPS) is 16.0. The molecule has 0 saturated carbocycles. The molecule has 26 heavy (non-hydrogen) atoms. The van der Waals surface area contributed by atoms with Gasteiger partial charge in [0.25, 0.3) is 0 Å². The van der Waals surface area contributed by atoms with Gasteiger partial charge in [-0.05, 0) is 43.6 Å². The zero-order valence-corrected chi connectivity index (χ0v) is 16.7. The maximum absolute atomic E-state index is 5.80. The standard InChI is InChI=1S/C19H33N3O3S/c1-26-15-10-22-19(21-9-5-18-4-2-12-25-18)20-8-3-11-24-16-17-6-13-23-14-7-17/h2,4,12,17H,3,5-11,13-16H2,1H3,(H2,20,21,22). The first kappa shape index (κ1) is 21.1. The molecule has 1 aromatic heterocycles. The first-order chi connectivity index (χ1) is 12.9. The van der Waals surface area contributed by atoms with Gasteiger partial charge in [0, 0.05) is 58.2 Å². The Morgan fingerprint density at radius 1 is 1.31 bits per heavy atom. The Bertz CT molecular complexity index is 476. The molecule has 1 aliphatic heterocycles. The summed E-state index contributed by atoms with van der Waals surface area (Å²) >= 11 is 1.82. The van der Waals surface area contributed by atoms with Crippen LogP contribution in [0, 0.1) is 5.92 Å². The fraction of sp³-hybridized carbons (Fsp3) is 0.737. The first-order valence-electron chi connectivity index (χ1n) is 9.57. The van der Waals surface area contributed by atoms with E-state index in [9.17, 15) is 0 Å². The molecule has 2 N–H and O–H groups in total. The Balaban J connectivity index is 1.59. The lowest BCUT2D eigenvalue weighted by Crippen LogP contribution is -2.39. The molecule has 0 spiro atoms. The number of hydrogen-bond acceptors (Lipinski definition) is 5. The quantitative estimate of drug-likeness (QED) is 0.328. The van der Waals surface area contributed by atoms with E-state index >= 15 is 0 Å². The predicted octanol–water partition coefficient (Wildman–Crippen LogP) is 2.55.